The molecule has 3 atom stereocenters. The highest BCUT2D eigenvalue weighted by Crippen LogP contribution is 2.57. The zero-order valence-corrected chi connectivity index (χ0v) is 7.83. The van der Waals surface area contributed by atoms with E-state index in [2.05, 4.69) is 19.9 Å². The molecule has 2 N–H and O–H groups in total. The smallest absolute Gasteiger partial charge is 0.109 e. The molecule has 12 heavy (non-hydrogen) atoms. The molecular weight excluding hydrogens is 152 g/mol. The van der Waals surface area contributed by atoms with Crippen LogP contribution in [0.25, 0.3) is 0 Å². The van der Waals surface area contributed by atoms with Crippen LogP contribution in [0, 0.1) is 11.3 Å². The number of rotatable bonds is 0. The second-order valence-electron chi connectivity index (χ2n) is 4.81. The number of fused-ring (bicyclic) bond motifs is 2. The van der Waals surface area contributed by atoms with Crippen molar-refractivity contribution >= 4 is 0 Å². The van der Waals surface area contributed by atoms with E-state index in [0.29, 0.717) is 12.3 Å². The zero-order valence-electron chi connectivity index (χ0n) is 7.83. The molecule has 2 heteroatoms. The lowest BCUT2D eigenvalue weighted by atomic mass is 9.51. The fourth-order valence-corrected chi connectivity index (χ4v) is 2.56. The van der Waals surface area contributed by atoms with Gasteiger partial charge in [-0.05, 0) is 30.3 Å². The van der Waals surface area contributed by atoms with Gasteiger partial charge in [0.15, 0.2) is 0 Å². The molecule has 0 aromatic heterocycles. The number of hydrogen-bond donors (Lipinski definition) is 2. The number of aliphatic hydroxyl groups excluding tert-OH is 1. The SMILES string of the molecule is CC1(C)C2=C[C@@H]1C[C@@H](O)[C@@]2(C)O. The van der Waals surface area contributed by atoms with Crippen molar-refractivity contribution in [2.24, 2.45) is 11.3 Å². The highest BCUT2D eigenvalue weighted by atomic mass is 16.3. The van der Waals surface area contributed by atoms with Crippen molar-refractivity contribution in [3.8, 4) is 0 Å². The Morgan fingerprint density at radius 2 is 2.00 bits per heavy atom. The van der Waals surface area contributed by atoms with Crippen molar-refractivity contribution in [1.29, 1.82) is 0 Å². The van der Waals surface area contributed by atoms with E-state index < -0.39 is 11.7 Å². The van der Waals surface area contributed by atoms with Crippen LogP contribution in [0.3, 0.4) is 0 Å². The van der Waals surface area contributed by atoms with Gasteiger partial charge in [-0.25, -0.2) is 0 Å². The van der Waals surface area contributed by atoms with Gasteiger partial charge in [-0.1, -0.05) is 19.9 Å². The van der Waals surface area contributed by atoms with Gasteiger partial charge in [0.05, 0.1) is 6.10 Å². The van der Waals surface area contributed by atoms with Gasteiger partial charge in [0.25, 0.3) is 0 Å². The Bertz CT molecular complexity index is 251. The summed E-state index contributed by atoms with van der Waals surface area (Å²) in [5.74, 6) is 0.461. The van der Waals surface area contributed by atoms with Crippen LogP contribution in [0.2, 0.25) is 0 Å². The summed E-state index contributed by atoms with van der Waals surface area (Å²) in [5, 5.41) is 19.5. The molecule has 3 aliphatic rings. The molecule has 0 heterocycles. The quantitative estimate of drug-likeness (QED) is 0.531. The van der Waals surface area contributed by atoms with Gasteiger partial charge in [-0.3, -0.25) is 0 Å². The summed E-state index contributed by atoms with van der Waals surface area (Å²) >= 11 is 0. The summed E-state index contributed by atoms with van der Waals surface area (Å²) in [7, 11) is 0. The van der Waals surface area contributed by atoms with Crippen LogP contribution in [0.5, 0.6) is 0 Å². The maximum atomic E-state index is 9.97. The van der Waals surface area contributed by atoms with Gasteiger partial charge in [0.2, 0.25) is 0 Å². The molecule has 0 radical (unpaired) electrons. The predicted octanol–water partition coefficient (Wildman–Crippen LogP) is 1.08. The third-order valence-corrected chi connectivity index (χ3v) is 3.66. The number of hydrogen-bond acceptors (Lipinski definition) is 2. The molecule has 2 bridgehead atoms. The van der Waals surface area contributed by atoms with Gasteiger partial charge in [0, 0.05) is 0 Å². The molecule has 3 aliphatic carbocycles. The molecule has 0 amide bonds. The third-order valence-electron chi connectivity index (χ3n) is 3.66. The lowest BCUT2D eigenvalue weighted by molar-refractivity contribution is -0.101. The second kappa shape index (κ2) is 1.94. The van der Waals surface area contributed by atoms with E-state index in [1.165, 1.54) is 0 Å². The molecule has 1 saturated carbocycles. The lowest BCUT2D eigenvalue weighted by Crippen LogP contribution is -2.58. The van der Waals surface area contributed by atoms with Crippen LogP contribution < -0.4 is 0 Å². The van der Waals surface area contributed by atoms with Crippen molar-refractivity contribution in [3.63, 3.8) is 0 Å². The van der Waals surface area contributed by atoms with Crippen molar-refractivity contribution < 1.29 is 10.2 Å². The lowest BCUT2D eigenvalue weighted by Gasteiger charge is -2.56. The van der Waals surface area contributed by atoms with Gasteiger partial charge >= 0.3 is 0 Å². The monoisotopic (exact) mass is 168 g/mol. The average Bonchev–Trinajstić information content (AvgIpc) is 1.93. The van der Waals surface area contributed by atoms with E-state index in [0.717, 1.165) is 5.57 Å². The van der Waals surface area contributed by atoms with Crippen LogP contribution in [-0.2, 0) is 0 Å². The molecule has 0 saturated heterocycles. The van der Waals surface area contributed by atoms with E-state index in [1.807, 2.05) is 0 Å². The molecule has 2 nitrogen and oxygen atoms in total. The molecule has 0 aromatic carbocycles. The Labute approximate surface area is 72.9 Å². The van der Waals surface area contributed by atoms with E-state index in [1.54, 1.807) is 6.92 Å². The summed E-state index contributed by atoms with van der Waals surface area (Å²) in [6, 6.07) is 0. The first kappa shape index (κ1) is 8.27. The van der Waals surface area contributed by atoms with Crippen molar-refractivity contribution in [2.45, 2.75) is 38.9 Å². The van der Waals surface area contributed by atoms with Crippen LogP contribution in [-0.4, -0.2) is 21.9 Å². The normalized spacial score (nSPS) is 49.6. The Morgan fingerprint density at radius 1 is 1.42 bits per heavy atom. The van der Waals surface area contributed by atoms with Crippen molar-refractivity contribution in [2.75, 3.05) is 0 Å². The second-order valence-corrected chi connectivity index (χ2v) is 4.81. The topological polar surface area (TPSA) is 40.5 Å². The maximum Gasteiger partial charge on any atom is 0.109 e. The Hall–Kier alpha value is -0.340. The first-order valence-electron chi connectivity index (χ1n) is 4.50. The fraction of sp³-hybridized carbons (Fsp3) is 0.800. The molecule has 0 aliphatic heterocycles. The van der Waals surface area contributed by atoms with Gasteiger partial charge in [-0.2, -0.15) is 0 Å². The van der Waals surface area contributed by atoms with Crippen LogP contribution in [0.1, 0.15) is 27.2 Å². The molecule has 3 rings (SSSR count). The highest BCUT2D eigenvalue weighted by Gasteiger charge is 2.56. The van der Waals surface area contributed by atoms with Gasteiger partial charge < -0.3 is 10.2 Å². The van der Waals surface area contributed by atoms with Crippen molar-refractivity contribution in [3.05, 3.63) is 11.6 Å². The first-order valence-corrected chi connectivity index (χ1v) is 4.50. The van der Waals surface area contributed by atoms with Crippen molar-refractivity contribution in [1.82, 2.24) is 0 Å². The minimum absolute atomic E-state index is 0.0999. The summed E-state index contributed by atoms with van der Waals surface area (Å²) in [6.07, 6.45) is 2.23. The van der Waals surface area contributed by atoms with E-state index in [-0.39, 0.29) is 5.41 Å². The maximum absolute atomic E-state index is 9.97. The molecule has 68 valence electrons. The Kier molecular flexibility index (Phi) is 1.33. The molecule has 0 unspecified atom stereocenters. The number of aliphatic hydroxyl groups is 2. The summed E-state index contributed by atoms with van der Waals surface area (Å²) in [5.41, 5.74) is 0.125. The number of allylic oxidation sites excluding steroid dienone is 1. The molecule has 0 spiro atoms. The highest BCUT2D eigenvalue weighted by molar-refractivity contribution is 5.39. The molecule has 0 aromatic rings. The third kappa shape index (κ3) is 0.723. The minimum atomic E-state index is -0.988. The standard InChI is InChI=1S/C10H16O2/c1-9(2)6-4-7(9)10(3,12)8(11)5-6/h4,6,8,11-12H,5H2,1-3H3/t6-,8-,10+/m1/s1. The largest absolute Gasteiger partial charge is 0.390 e. The molecule has 1 fully saturated rings. The van der Waals surface area contributed by atoms with Crippen LogP contribution in [0.15, 0.2) is 11.6 Å². The summed E-state index contributed by atoms with van der Waals surface area (Å²) < 4.78 is 0. The fourth-order valence-electron chi connectivity index (χ4n) is 2.56. The zero-order chi connectivity index (χ0) is 9.15. The van der Waals surface area contributed by atoms with Crippen LogP contribution in [0.4, 0.5) is 0 Å². The minimum Gasteiger partial charge on any atom is -0.390 e. The Balaban J connectivity index is 2.39. The van der Waals surface area contributed by atoms with Crippen LogP contribution >= 0.6 is 0 Å². The van der Waals surface area contributed by atoms with E-state index in [4.69, 9.17) is 0 Å². The summed E-state index contributed by atoms with van der Waals surface area (Å²) in [4.78, 5) is 0. The summed E-state index contributed by atoms with van der Waals surface area (Å²) in [6.45, 7) is 5.97. The van der Waals surface area contributed by atoms with Gasteiger partial charge in [-0.15, -0.1) is 0 Å². The first-order chi connectivity index (χ1) is 5.37. The predicted molar refractivity (Wildman–Crippen MR) is 46.6 cm³/mol. The van der Waals surface area contributed by atoms with E-state index >= 15 is 0 Å². The van der Waals surface area contributed by atoms with Gasteiger partial charge in [0.1, 0.15) is 5.60 Å². The molecular formula is C10H16O2. The average molecular weight is 168 g/mol. The Morgan fingerprint density at radius 3 is 2.33 bits per heavy atom. The van der Waals surface area contributed by atoms with E-state index in [9.17, 15) is 10.2 Å².